The Hall–Kier alpha value is -4.89. The van der Waals surface area contributed by atoms with Crippen LogP contribution in [0.2, 0.25) is 5.02 Å². The first-order valence-corrected chi connectivity index (χ1v) is 11.3. The van der Waals surface area contributed by atoms with Crippen LogP contribution in [0.3, 0.4) is 0 Å². The van der Waals surface area contributed by atoms with Gasteiger partial charge in [-0.25, -0.2) is 0 Å². The van der Waals surface area contributed by atoms with Gasteiger partial charge >= 0.3 is 0 Å². The number of nitro groups is 1. The largest absolute Gasteiger partial charge is 0.494 e. The molecule has 0 atom stereocenters. The van der Waals surface area contributed by atoms with Crippen molar-refractivity contribution in [3.63, 3.8) is 0 Å². The molecule has 1 heterocycles. The summed E-state index contributed by atoms with van der Waals surface area (Å²) in [5.41, 5.74) is 1.41. The van der Waals surface area contributed by atoms with Gasteiger partial charge < -0.3 is 19.8 Å². The summed E-state index contributed by atoms with van der Waals surface area (Å²) < 4.78 is 11.0. The predicted molar refractivity (Wildman–Crippen MR) is 141 cm³/mol. The summed E-state index contributed by atoms with van der Waals surface area (Å²) in [7, 11) is 1.44. The molecule has 186 valence electrons. The molecule has 10 heteroatoms. The molecule has 2 N–H and O–H groups in total. The van der Waals surface area contributed by atoms with Gasteiger partial charge in [0, 0.05) is 23.9 Å². The van der Waals surface area contributed by atoms with Crippen molar-refractivity contribution in [2.75, 3.05) is 17.7 Å². The third-order valence-electron chi connectivity index (χ3n) is 5.23. The minimum atomic E-state index is -0.484. The molecule has 1 aromatic heterocycles. The Labute approximate surface area is 216 Å². The molecule has 3 aromatic carbocycles. The fourth-order valence-corrected chi connectivity index (χ4v) is 3.70. The van der Waals surface area contributed by atoms with Gasteiger partial charge in [-0.3, -0.25) is 19.7 Å². The first-order valence-electron chi connectivity index (χ1n) is 10.9. The van der Waals surface area contributed by atoms with Crippen LogP contribution in [0, 0.1) is 10.1 Å². The molecule has 0 bridgehead atoms. The van der Waals surface area contributed by atoms with E-state index in [2.05, 4.69) is 10.6 Å². The Kier molecular flexibility index (Phi) is 7.65. The van der Waals surface area contributed by atoms with E-state index in [4.69, 9.17) is 20.8 Å². The second kappa shape index (κ2) is 11.2. The van der Waals surface area contributed by atoms with E-state index < -0.39 is 16.7 Å². The van der Waals surface area contributed by atoms with E-state index in [-0.39, 0.29) is 5.69 Å². The number of methoxy groups -OCH3 is 1. The van der Waals surface area contributed by atoms with Crippen LogP contribution < -0.4 is 15.4 Å². The topological polar surface area (TPSA) is 124 Å². The van der Waals surface area contributed by atoms with E-state index >= 15 is 0 Å². The number of nitrogens with one attached hydrogen (secondary N) is 2. The van der Waals surface area contributed by atoms with Crippen molar-refractivity contribution in [1.29, 1.82) is 0 Å². The molecule has 0 unspecified atom stereocenters. The molecule has 0 saturated heterocycles. The maximum atomic E-state index is 12.6. The Morgan fingerprint density at radius 1 is 1.00 bits per heavy atom. The Balaban J connectivity index is 1.43. The SMILES string of the molecule is COc1cc(NC(=O)/C=C/c2ccc(-c3ccccc3[N+](=O)[O-])o2)ccc1NC(=O)c1ccccc1Cl. The number of halogens is 1. The summed E-state index contributed by atoms with van der Waals surface area (Å²) in [5.74, 6) is 0.146. The number of ether oxygens (including phenoxy) is 1. The molecule has 4 aromatic rings. The van der Waals surface area contributed by atoms with Gasteiger partial charge in [-0.2, -0.15) is 0 Å². The van der Waals surface area contributed by atoms with Crippen molar-refractivity contribution >= 4 is 46.6 Å². The third kappa shape index (κ3) is 6.03. The molecule has 0 aliphatic heterocycles. The predicted octanol–water partition coefficient (Wildman–Crippen LogP) is 6.42. The Morgan fingerprint density at radius 3 is 2.51 bits per heavy atom. The molecule has 0 radical (unpaired) electrons. The lowest BCUT2D eigenvalue weighted by atomic mass is 10.1. The van der Waals surface area contributed by atoms with Gasteiger partial charge in [0.15, 0.2) is 0 Å². The number of carbonyl (C=O) groups excluding carboxylic acids is 2. The molecule has 0 aliphatic carbocycles. The number of furan rings is 1. The average Bonchev–Trinajstić information content (AvgIpc) is 3.37. The molecule has 0 spiro atoms. The number of anilines is 2. The van der Waals surface area contributed by atoms with Crippen molar-refractivity contribution in [1.82, 2.24) is 0 Å². The third-order valence-corrected chi connectivity index (χ3v) is 5.56. The number of rotatable bonds is 8. The summed E-state index contributed by atoms with van der Waals surface area (Å²) >= 11 is 6.09. The smallest absolute Gasteiger partial charge is 0.280 e. The number of benzene rings is 3. The molecule has 0 aliphatic rings. The highest BCUT2D eigenvalue weighted by atomic mass is 35.5. The number of nitro benzene ring substituents is 1. The first kappa shape index (κ1) is 25.2. The van der Waals surface area contributed by atoms with Gasteiger partial charge in [0.05, 0.1) is 33.9 Å². The van der Waals surface area contributed by atoms with Crippen molar-refractivity contribution in [3.05, 3.63) is 111 Å². The monoisotopic (exact) mass is 517 g/mol. The number of nitrogens with zero attached hydrogens (tertiary/aromatic N) is 1. The lowest BCUT2D eigenvalue weighted by molar-refractivity contribution is -0.384. The Bertz CT molecular complexity index is 1510. The molecule has 0 fully saturated rings. The van der Waals surface area contributed by atoms with Gasteiger partial charge in [0.1, 0.15) is 17.3 Å². The summed E-state index contributed by atoms with van der Waals surface area (Å²) in [4.78, 5) is 35.8. The number of para-hydroxylation sites is 1. The van der Waals surface area contributed by atoms with Crippen LogP contribution in [0.5, 0.6) is 5.75 Å². The highest BCUT2D eigenvalue weighted by molar-refractivity contribution is 6.34. The van der Waals surface area contributed by atoms with Crippen molar-refractivity contribution in [3.8, 4) is 17.1 Å². The van der Waals surface area contributed by atoms with E-state index in [9.17, 15) is 19.7 Å². The number of amides is 2. The highest BCUT2D eigenvalue weighted by Gasteiger charge is 2.17. The number of hydrogen-bond donors (Lipinski definition) is 2. The van der Waals surface area contributed by atoms with E-state index in [1.165, 1.54) is 25.3 Å². The van der Waals surface area contributed by atoms with Crippen molar-refractivity contribution in [2.24, 2.45) is 0 Å². The van der Waals surface area contributed by atoms with Crippen LogP contribution >= 0.6 is 11.6 Å². The van der Waals surface area contributed by atoms with Crippen LogP contribution in [-0.2, 0) is 4.79 Å². The Morgan fingerprint density at radius 2 is 1.76 bits per heavy atom. The van der Waals surface area contributed by atoms with Crippen molar-refractivity contribution in [2.45, 2.75) is 0 Å². The molecular formula is C27H20ClN3O6. The standard InChI is InChI=1S/C27H20ClN3O6/c1-36-25-16-17(10-13-22(25)30-27(33)19-6-2-4-8-21(19)28)29-26(32)15-12-18-11-14-24(37-18)20-7-3-5-9-23(20)31(34)35/h2-16H,1H3,(H,29,32)(H,30,33)/b15-12+. The average molecular weight is 518 g/mol. The summed E-state index contributed by atoms with van der Waals surface area (Å²) in [5, 5.41) is 17.0. The van der Waals surface area contributed by atoms with Gasteiger partial charge in [0.2, 0.25) is 5.91 Å². The van der Waals surface area contributed by atoms with Crippen LogP contribution in [-0.4, -0.2) is 23.8 Å². The maximum absolute atomic E-state index is 12.6. The van der Waals surface area contributed by atoms with Crippen LogP contribution in [0.4, 0.5) is 17.1 Å². The van der Waals surface area contributed by atoms with Gasteiger partial charge in [-0.15, -0.1) is 0 Å². The van der Waals surface area contributed by atoms with E-state index in [1.807, 2.05) is 0 Å². The zero-order chi connectivity index (χ0) is 26.4. The highest BCUT2D eigenvalue weighted by Crippen LogP contribution is 2.31. The minimum absolute atomic E-state index is 0.0782. The van der Waals surface area contributed by atoms with Crippen LogP contribution in [0.1, 0.15) is 16.1 Å². The number of hydrogen-bond acceptors (Lipinski definition) is 6. The maximum Gasteiger partial charge on any atom is 0.280 e. The molecular weight excluding hydrogens is 498 g/mol. The van der Waals surface area contributed by atoms with Crippen molar-refractivity contribution < 1.29 is 23.7 Å². The van der Waals surface area contributed by atoms with E-state index in [1.54, 1.807) is 72.8 Å². The zero-order valence-electron chi connectivity index (χ0n) is 19.4. The molecule has 2 amide bonds. The van der Waals surface area contributed by atoms with Crippen LogP contribution in [0.25, 0.3) is 17.4 Å². The second-order valence-corrected chi connectivity index (χ2v) is 8.06. The lowest BCUT2D eigenvalue weighted by Crippen LogP contribution is -2.13. The fourth-order valence-electron chi connectivity index (χ4n) is 3.48. The number of carbonyl (C=O) groups is 2. The summed E-state index contributed by atoms with van der Waals surface area (Å²) in [6.07, 6.45) is 2.71. The fraction of sp³-hybridized carbons (Fsp3) is 0.0370. The van der Waals surface area contributed by atoms with Gasteiger partial charge in [-0.1, -0.05) is 35.9 Å². The minimum Gasteiger partial charge on any atom is -0.494 e. The first-order chi connectivity index (χ1) is 17.9. The normalized spacial score (nSPS) is 10.8. The molecule has 0 saturated carbocycles. The molecule has 37 heavy (non-hydrogen) atoms. The van der Waals surface area contributed by atoms with Gasteiger partial charge in [0.25, 0.3) is 11.6 Å². The van der Waals surface area contributed by atoms with E-state index in [0.717, 1.165) is 0 Å². The summed E-state index contributed by atoms with van der Waals surface area (Å²) in [6, 6.07) is 20.9. The van der Waals surface area contributed by atoms with Gasteiger partial charge in [-0.05, 0) is 48.5 Å². The summed E-state index contributed by atoms with van der Waals surface area (Å²) in [6.45, 7) is 0. The van der Waals surface area contributed by atoms with Crippen LogP contribution in [0.15, 0.2) is 89.4 Å². The zero-order valence-corrected chi connectivity index (χ0v) is 20.2. The quantitative estimate of drug-likeness (QED) is 0.158. The molecule has 4 rings (SSSR count). The molecule has 9 nitrogen and oxygen atoms in total. The lowest BCUT2D eigenvalue weighted by Gasteiger charge is -2.12. The van der Waals surface area contributed by atoms with E-state index in [0.29, 0.717) is 44.8 Å². The second-order valence-electron chi connectivity index (χ2n) is 7.65.